The SMILES string of the molecule is C#CCOC[C@H](O)CN(CCC(C)C)Cc1nc2scc(-c3ccccc3OC)c2c(=O)[nH]1. The Hall–Kier alpha value is -2.70. The zero-order chi connectivity index (χ0) is 23.8. The number of nitrogens with zero attached hydrogens (tertiary/aromatic N) is 2. The van der Waals surface area contributed by atoms with E-state index < -0.39 is 6.10 Å². The molecule has 0 fully saturated rings. The highest BCUT2D eigenvalue weighted by Crippen LogP contribution is 2.36. The zero-order valence-electron chi connectivity index (χ0n) is 19.3. The quantitative estimate of drug-likeness (QED) is 0.312. The van der Waals surface area contributed by atoms with Crippen LogP contribution in [0, 0.1) is 18.3 Å². The van der Waals surface area contributed by atoms with E-state index in [1.807, 2.05) is 29.6 Å². The minimum absolute atomic E-state index is 0.165. The Balaban J connectivity index is 1.84. The van der Waals surface area contributed by atoms with Gasteiger partial charge in [0.05, 0.1) is 31.8 Å². The molecule has 3 aromatic rings. The monoisotopic (exact) mass is 469 g/mol. The van der Waals surface area contributed by atoms with Crippen LogP contribution in [0.4, 0.5) is 0 Å². The van der Waals surface area contributed by atoms with E-state index in [-0.39, 0.29) is 18.8 Å². The Labute approximate surface area is 198 Å². The van der Waals surface area contributed by atoms with Gasteiger partial charge in [0.15, 0.2) is 0 Å². The van der Waals surface area contributed by atoms with E-state index in [0.29, 0.717) is 40.8 Å². The van der Waals surface area contributed by atoms with Crippen LogP contribution in [-0.2, 0) is 11.3 Å². The summed E-state index contributed by atoms with van der Waals surface area (Å²) in [5, 5.41) is 12.9. The lowest BCUT2D eigenvalue weighted by Gasteiger charge is -2.25. The minimum atomic E-state index is -0.681. The van der Waals surface area contributed by atoms with Crippen LogP contribution < -0.4 is 10.3 Å². The molecule has 0 bridgehead atoms. The highest BCUT2D eigenvalue weighted by atomic mass is 32.1. The molecule has 0 spiro atoms. The van der Waals surface area contributed by atoms with Crippen LogP contribution in [0.2, 0.25) is 0 Å². The van der Waals surface area contributed by atoms with Gasteiger partial charge in [0.1, 0.15) is 23.0 Å². The van der Waals surface area contributed by atoms with Gasteiger partial charge in [0, 0.05) is 23.1 Å². The molecule has 0 saturated carbocycles. The Morgan fingerprint density at radius 2 is 2.09 bits per heavy atom. The third-order valence-electron chi connectivity index (χ3n) is 5.25. The molecule has 2 heterocycles. The van der Waals surface area contributed by atoms with Crippen molar-refractivity contribution in [1.82, 2.24) is 14.9 Å². The smallest absolute Gasteiger partial charge is 0.260 e. The van der Waals surface area contributed by atoms with Crippen molar-refractivity contribution in [3.8, 4) is 29.2 Å². The molecule has 0 saturated heterocycles. The maximum Gasteiger partial charge on any atom is 0.260 e. The van der Waals surface area contributed by atoms with E-state index in [2.05, 4.69) is 29.7 Å². The predicted molar refractivity (Wildman–Crippen MR) is 133 cm³/mol. The maximum absolute atomic E-state index is 13.1. The topological polar surface area (TPSA) is 87.7 Å². The van der Waals surface area contributed by atoms with Crippen LogP contribution in [0.15, 0.2) is 34.4 Å². The molecule has 1 aromatic carbocycles. The van der Waals surface area contributed by atoms with Crippen LogP contribution in [0.3, 0.4) is 0 Å². The van der Waals surface area contributed by atoms with Crippen LogP contribution in [0.1, 0.15) is 26.1 Å². The van der Waals surface area contributed by atoms with E-state index in [9.17, 15) is 9.90 Å². The van der Waals surface area contributed by atoms with Gasteiger partial charge in [0.2, 0.25) is 0 Å². The average molecular weight is 470 g/mol. The van der Waals surface area contributed by atoms with Gasteiger partial charge in [-0.1, -0.05) is 38.0 Å². The van der Waals surface area contributed by atoms with E-state index in [0.717, 1.165) is 24.1 Å². The largest absolute Gasteiger partial charge is 0.496 e. The van der Waals surface area contributed by atoms with Gasteiger partial charge in [0.25, 0.3) is 5.56 Å². The molecule has 176 valence electrons. The number of aliphatic hydroxyl groups excluding tert-OH is 1. The summed E-state index contributed by atoms with van der Waals surface area (Å²) in [7, 11) is 1.62. The Kier molecular flexibility index (Phi) is 9.03. The van der Waals surface area contributed by atoms with E-state index in [1.165, 1.54) is 11.3 Å². The van der Waals surface area contributed by atoms with Crippen molar-refractivity contribution >= 4 is 21.6 Å². The van der Waals surface area contributed by atoms with Crippen molar-refractivity contribution in [2.75, 3.05) is 33.4 Å². The fourth-order valence-electron chi connectivity index (χ4n) is 3.63. The Morgan fingerprint density at radius 1 is 1.30 bits per heavy atom. The number of ether oxygens (including phenoxy) is 2. The van der Waals surface area contributed by atoms with E-state index >= 15 is 0 Å². The molecule has 0 radical (unpaired) electrons. The zero-order valence-corrected chi connectivity index (χ0v) is 20.2. The molecule has 8 heteroatoms. The predicted octanol–water partition coefficient (Wildman–Crippen LogP) is 3.52. The molecule has 2 aromatic heterocycles. The summed E-state index contributed by atoms with van der Waals surface area (Å²) in [5.41, 5.74) is 1.49. The summed E-state index contributed by atoms with van der Waals surface area (Å²) in [4.78, 5) is 23.5. The highest BCUT2D eigenvalue weighted by Gasteiger charge is 2.18. The third-order valence-corrected chi connectivity index (χ3v) is 6.12. The van der Waals surface area contributed by atoms with E-state index in [1.54, 1.807) is 7.11 Å². The molecule has 0 unspecified atom stereocenters. The molecular weight excluding hydrogens is 438 g/mol. The molecule has 1 atom stereocenters. The number of nitrogens with one attached hydrogen (secondary N) is 1. The molecule has 0 amide bonds. The number of aromatic amines is 1. The summed E-state index contributed by atoms with van der Waals surface area (Å²) in [6.07, 6.45) is 5.48. The van der Waals surface area contributed by atoms with Crippen LogP contribution in [0.25, 0.3) is 21.3 Å². The standard InChI is InChI=1S/C25H31N3O4S/c1-5-12-32-15-18(29)13-28(11-10-17(2)3)14-22-26-24(30)23-20(16-33-25(23)27-22)19-8-6-7-9-21(19)31-4/h1,6-9,16-18,29H,10-15H2,2-4H3,(H,26,27,30)/t18-/m1/s1. The molecule has 7 nitrogen and oxygen atoms in total. The summed E-state index contributed by atoms with van der Waals surface area (Å²) in [5.74, 6) is 4.19. The van der Waals surface area contributed by atoms with Crippen molar-refractivity contribution in [3.63, 3.8) is 0 Å². The number of benzene rings is 1. The first-order chi connectivity index (χ1) is 15.9. The van der Waals surface area contributed by atoms with Crippen molar-refractivity contribution in [1.29, 1.82) is 0 Å². The third kappa shape index (κ3) is 6.65. The molecule has 0 aliphatic rings. The van der Waals surface area contributed by atoms with Crippen LogP contribution >= 0.6 is 11.3 Å². The van der Waals surface area contributed by atoms with Crippen molar-refractivity contribution < 1.29 is 14.6 Å². The van der Waals surface area contributed by atoms with Gasteiger partial charge in [-0.3, -0.25) is 9.69 Å². The second-order valence-corrected chi connectivity index (χ2v) is 9.19. The number of thiophene rings is 1. The number of methoxy groups -OCH3 is 1. The summed E-state index contributed by atoms with van der Waals surface area (Å²) < 4.78 is 10.7. The summed E-state index contributed by atoms with van der Waals surface area (Å²) in [6, 6.07) is 7.63. The van der Waals surface area contributed by atoms with Gasteiger partial charge in [-0.25, -0.2) is 4.98 Å². The van der Waals surface area contributed by atoms with Gasteiger partial charge >= 0.3 is 0 Å². The number of rotatable bonds is 12. The normalized spacial score (nSPS) is 12.4. The number of aromatic nitrogens is 2. The van der Waals surface area contributed by atoms with Gasteiger partial charge in [-0.05, 0) is 24.9 Å². The molecule has 3 rings (SSSR count). The van der Waals surface area contributed by atoms with Crippen molar-refractivity contribution in [2.24, 2.45) is 5.92 Å². The molecule has 33 heavy (non-hydrogen) atoms. The molecule has 2 N–H and O–H groups in total. The fraction of sp³-hybridized carbons (Fsp3) is 0.440. The lowest BCUT2D eigenvalue weighted by molar-refractivity contribution is 0.0247. The van der Waals surface area contributed by atoms with E-state index in [4.69, 9.17) is 20.9 Å². The minimum Gasteiger partial charge on any atom is -0.496 e. The van der Waals surface area contributed by atoms with Crippen molar-refractivity contribution in [3.05, 3.63) is 45.8 Å². The van der Waals surface area contributed by atoms with Crippen LogP contribution in [0.5, 0.6) is 5.75 Å². The first-order valence-corrected chi connectivity index (χ1v) is 11.9. The van der Waals surface area contributed by atoms with Crippen molar-refractivity contribution in [2.45, 2.75) is 32.9 Å². The lowest BCUT2D eigenvalue weighted by atomic mass is 10.1. The number of fused-ring (bicyclic) bond motifs is 1. The second kappa shape index (κ2) is 12.0. The average Bonchev–Trinajstić information content (AvgIpc) is 3.22. The fourth-order valence-corrected chi connectivity index (χ4v) is 4.58. The highest BCUT2D eigenvalue weighted by molar-refractivity contribution is 7.17. The van der Waals surface area contributed by atoms with Gasteiger partial charge in [-0.2, -0.15) is 0 Å². The van der Waals surface area contributed by atoms with Crippen LogP contribution in [-0.4, -0.2) is 59.5 Å². The first kappa shape index (κ1) is 24.9. The van der Waals surface area contributed by atoms with Gasteiger partial charge in [-0.15, -0.1) is 17.8 Å². The summed E-state index contributed by atoms with van der Waals surface area (Å²) >= 11 is 1.44. The molecule has 0 aliphatic heterocycles. The Morgan fingerprint density at radius 3 is 2.82 bits per heavy atom. The van der Waals surface area contributed by atoms with Gasteiger partial charge < -0.3 is 19.6 Å². The molecular formula is C25H31N3O4S. The number of para-hydroxylation sites is 1. The number of hydrogen-bond donors (Lipinski definition) is 2. The lowest BCUT2D eigenvalue weighted by Crippen LogP contribution is -2.36. The maximum atomic E-state index is 13.1. The summed E-state index contributed by atoms with van der Waals surface area (Å²) in [6.45, 7) is 6.23. The number of terminal acetylenes is 1. The molecule has 0 aliphatic carbocycles. The Bertz CT molecular complexity index is 1150. The first-order valence-electron chi connectivity index (χ1n) is 11.0. The number of H-pyrrole nitrogens is 1. The number of hydrogen-bond acceptors (Lipinski definition) is 7. The number of aliphatic hydroxyl groups is 1. The second-order valence-electron chi connectivity index (χ2n) is 8.33.